The van der Waals surface area contributed by atoms with Gasteiger partial charge in [0.05, 0.1) is 32.3 Å². The Morgan fingerprint density at radius 3 is 1.40 bits per heavy atom. The SMILES string of the molecule is F.NC[C@@H]1CC1CN1CCN(c2csc3cc(C(F)(F)F)ccc23)CC1.O=S(=O)(Cl)c1ccc(F)cc1.O=S(=O)(NC[C@@H]1CC1CN1CCN(c2csc3cc(C(F)(F)F)ccc23)CC1)c1ccc(F)cc1.[3HH].[HH]. The van der Waals surface area contributed by atoms with Crippen molar-refractivity contribution in [1.29, 1.82) is 0 Å². The Labute approximate surface area is 427 Å². The van der Waals surface area contributed by atoms with Crippen LogP contribution in [0.25, 0.3) is 20.2 Å². The zero-order valence-corrected chi connectivity index (χ0v) is 42.4. The molecular formula is C48H56ClF9N6O4S4. The molecule has 10 nitrogen and oxygen atoms in total. The standard InChI is InChI=1S/C24H25F4N3O2S2.C18H22F3N3S.C6H4ClFO2S.FH.2H2/c25-19-2-4-20(5-3-19)35(32,33)29-13-16-11-17(16)14-30-7-9-31(10-8-30)22-15-34-23-12-18(24(26,27)28)1-6-21(22)23;19-18(20,21)14-1-2-15-16(11-25-17(15)8-14)24-5-3-23(4-6-24)10-13-7-12(13)9-22;7-11(9,10)6-3-1-5(8)2-4-6;;;/h1-6,12,15-17,29H,7-11,13-14H2;1-2,8,11-13H,3-7,9-10,22H2;1-4H;3*1H/t16-,17?;12-,13?;;;;/m00..../s1/i;;;;1+2;. The van der Waals surface area contributed by atoms with Crippen LogP contribution in [0.1, 0.15) is 26.8 Å². The van der Waals surface area contributed by atoms with Crippen molar-refractivity contribution in [3.05, 3.63) is 118 Å². The minimum absolute atomic E-state index is 0. The van der Waals surface area contributed by atoms with E-state index in [9.17, 15) is 52.0 Å². The summed E-state index contributed by atoms with van der Waals surface area (Å²) < 4.78 is 153. The molecule has 10 rings (SSSR count). The van der Waals surface area contributed by atoms with Crippen LogP contribution in [0.3, 0.4) is 0 Å². The summed E-state index contributed by atoms with van der Waals surface area (Å²) in [5, 5.41) is 5.71. The highest BCUT2D eigenvalue weighted by Gasteiger charge is 2.40. The first kappa shape index (κ1) is 55.5. The third-order valence-corrected chi connectivity index (χ3v) is 18.0. The molecular weight excluding hydrogens is 1060 g/mol. The van der Waals surface area contributed by atoms with Crippen molar-refractivity contribution in [2.24, 2.45) is 29.4 Å². The Hall–Kier alpha value is -4.20. The number of rotatable bonds is 12. The van der Waals surface area contributed by atoms with Gasteiger partial charge in [-0.05, 0) is 116 Å². The molecule has 4 heterocycles. The molecule has 2 aliphatic heterocycles. The van der Waals surface area contributed by atoms with Gasteiger partial charge in [-0.3, -0.25) is 14.5 Å². The summed E-state index contributed by atoms with van der Waals surface area (Å²) in [6.45, 7) is 10.3. The Morgan fingerprint density at radius 2 is 1.01 bits per heavy atom. The predicted molar refractivity (Wildman–Crippen MR) is 271 cm³/mol. The minimum Gasteiger partial charge on any atom is -0.368 e. The molecule has 0 spiro atoms. The normalized spacial score (nSPS) is 20.9. The van der Waals surface area contributed by atoms with Gasteiger partial charge in [0.1, 0.15) is 11.6 Å². The van der Waals surface area contributed by atoms with Crippen molar-refractivity contribution in [3.63, 3.8) is 0 Å². The largest absolute Gasteiger partial charge is 0.416 e. The van der Waals surface area contributed by atoms with E-state index in [2.05, 4.69) is 24.3 Å². The Balaban J connectivity index is 0.000000227. The summed E-state index contributed by atoms with van der Waals surface area (Å²) >= 11 is 2.73. The molecule has 2 aliphatic carbocycles. The molecule has 0 bridgehead atoms. The summed E-state index contributed by atoms with van der Waals surface area (Å²) in [5.41, 5.74) is 6.57. The lowest BCUT2D eigenvalue weighted by Gasteiger charge is -2.36. The summed E-state index contributed by atoms with van der Waals surface area (Å²) in [5.74, 6) is 1.22. The molecule has 6 aromatic rings. The summed E-state index contributed by atoms with van der Waals surface area (Å²) in [6, 6.07) is 17.1. The van der Waals surface area contributed by atoms with Gasteiger partial charge in [-0.2, -0.15) is 26.3 Å². The predicted octanol–water partition coefficient (Wildman–Crippen LogP) is 10.8. The lowest BCUT2D eigenvalue weighted by Crippen LogP contribution is -2.47. The zero-order chi connectivity index (χ0) is 50.9. The van der Waals surface area contributed by atoms with E-state index in [-0.39, 0.29) is 23.3 Å². The highest BCUT2D eigenvalue weighted by Crippen LogP contribution is 2.42. The molecule has 4 aromatic carbocycles. The van der Waals surface area contributed by atoms with E-state index in [1.807, 2.05) is 10.8 Å². The topological polar surface area (TPSA) is 119 Å². The van der Waals surface area contributed by atoms with Crippen molar-refractivity contribution in [2.45, 2.75) is 35.0 Å². The first-order valence-corrected chi connectivity index (χ1v) is 28.4. The van der Waals surface area contributed by atoms with Gasteiger partial charge >= 0.3 is 12.4 Å². The first-order chi connectivity index (χ1) is 33.6. The number of sulfonamides is 1. The molecule has 3 N–H and O–H groups in total. The molecule has 0 radical (unpaired) electrons. The maximum atomic E-state index is 13.0. The van der Waals surface area contributed by atoms with Crippen LogP contribution in [0.5, 0.6) is 0 Å². The quantitative estimate of drug-likeness (QED) is 0.0912. The number of alkyl halides is 6. The van der Waals surface area contributed by atoms with Gasteiger partial charge in [0.15, 0.2) is 0 Å². The Bertz CT molecular complexity index is 3010. The lowest BCUT2D eigenvalue weighted by atomic mass is 10.1. The number of nitrogens with zero attached hydrogens (tertiary/aromatic N) is 4. The number of hydrogen-bond donors (Lipinski definition) is 2. The fourth-order valence-corrected chi connectivity index (χ4v) is 12.9. The maximum Gasteiger partial charge on any atom is 0.416 e. The number of fused-ring (bicyclic) bond motifs is 2. The lowest BCUT2D eigenvalue weighted by molar-refractivity contribution is -0.138. The highest BCUT2D eigenvalue weighted by atomic mass is 35.7. The van der Waals surface area contributed by atoms with Crippen molar-refractivity contribution in [2.75, 3.05) is 88.3 Å². The van der Waals surface area contributed by atoms with Crippen LogP contribution >= 0.6 is 33.4 Å². The van der Waals surface area contributed by atoms with Crippen LogP contribution in [-0.2, 0) is 31.4 Å². The smallest absolute Gasteiger partial charge is 0.368 e. The van der Waals surface area contributed by atoms with Crippen LogP contribution in [0.15, 0.2) is 105 Å². The van der Waals surface area contributed by atoms with Gasteiger partial charge in [-0.1, -0.05) is 12.1 Å². The average Bonchev–Trinajstić information content (AvgIpc) is 4.16. The maximum absolute atomic E-state index is 13.0. The van der Waals surface area contributed by atoms with E-state index < -0.39 is 54.2 Å². The number of halogens is 10. The number of nitrogens with one attached hydrogen (secondary N) is 1. The van der Waals surface area contributed by atoms with Gasteiger partial charge in [-0.15, -0.1) is 22.7 Å². The minimum atomic E-state index is -4.34. The van der Waals surface area contributed by atoms with Crippen LogP contribution in [0, 0.1) is 35.3 Å². The van der Waals surface area contributed by atoms with Crippen molar-refractivity contribution in [1.82, 2.24) is 14.5 Å². The third kappa shape index (κ3) is 14.1. The second-order valence-corrected chi connectivity index (χ2v) is 24.3. The monoisotopic (exact) mass is 1120 g/mol. The molecule has 4 fully saturated rings. The summed E-state index contributed by atoms with van der Waals surface area (Å²) in [4.78, 5) is 9.35. The number of benzene rings is 4. The van der Waals surface area contributed by atoms with Crippen molar-refractivity contribution >= 4 is 84.0 Å². The van der Waals surface area contributed by atoms with E-state index in [0.717, 1.165) is 149 Å². The number of anilines is 2. The molecule has 72 heavy (non-hydrogen) atoms. The number of hydrogen-bond acceptors (Lipinski definition) is 11. The Kier molecular flexibility index (Phi) is 17.5. The number of piperazine rings is 2. The fraction of sp³-hybridized carbons (Fsp3) is 0.417. The molecule has 396 valence electrons. The van der Waals surface area contributed by atoms with Gasteiger partial charge < -0.3 is 15.5 Å². The number of thiophene rings is 2. The highest BCUT2D eigenvalue weighted by molar-refractivity contribution is 8.13. The van der Waals surface area contributed by atoms with Gasteiger partial charge in [0.25, 0.3) is 9.05 Å². The summed E-state index contributed by atoms with van der Waals surface area (Å²) in [6.07, 6.45) is -6.41. The van der Waals surface area contributed by atoms with Crippen molar-refractivity contribution in [3.8, 4) is 0 Å². The first-order valence-electron chi connectivity index (χ1n) is 22.8. The van der Waals surface area contributed by atoms with Crippen LogP contribution in [0.2, 0.25) is 0 Å². The molecule has 24 heteroatoms. The third-order valence-electron chi connectivity index (χ3n) is 13.4. The van der Waals surface area contributed by atoms with E-state index >= 15 is 0 Å². The average molecular weight is 1120 g/mol. The molecule has 4 atom stereocenters. The second kappa shape index (κ2) is 22.7. The molecule has 2 saturated carbocycles. The second-order valence-electron chi connectivity index (χ2n) is 18.2. The summed E-state index contributed by atoms with van der Waals surface area (Å²) in [7, 11) is -2.40. The number of nitrogens with two attached hydrogens (primary N) is 1. The fourth-order valence-electron chi connectivity index (χ4n) is 8.99. The van der Waals surface area contributed by atoms with Gasteiger partial charge in [0, 0.05) is 116 Å². The molecule has 0 amide bonds. The van der Waals surface area contributed by atoms with Gasteiger partial charge in [0.2, 0.25) is 10.0 Å². The van der Waals surface area contributed by atoms with Crippen molar-refractivity contribution < 1.29 is 59.5 Å². The molecule has 2 unspecified atom stereocenters. The molecule has 4 aliphatic rings. The van der Waals surface area contributed by atoms with Crippen LogP contribution in [0.4, 0.5) is 51.2 Å². The molecule has 2 aromatic heterocycles. The van der Waals surface area contributed by atoms with Crippen LogP contribution < -0.4 is 20.3 Å². The van der Waals surface area contributed by atoms with E-state index in [1.54, 1.807) is 12.1 Å². The zero-order valence-electron chi connectivity index (χ0n) is 38.4. The molecule has 2 saturated heterocycles. The Morgan fingerprint density at radius 1 is 0.611 bits per heavy atom. The van der Waals surface area contributed by atoms with E-state index in [1.165, 1.54) is 59.4 Å². The van der Waals surface area contributed by atoms with E-state index in [4.69, 9.17) is 16.4 Å². The van der Waals surface area contributed by atoms with E-state index in [0.29, 0.717) is 27.8 Å². The van der Waals surface area contributed by atoms with Gasteiger partial charge in [-0.25, -0.2) is 30.3 Å². The van der Waals surface area contributed by atoms with Crippen LogP contribution in [-0.4, -0.2) is 105 Å².